The highest BCUT2D eigenvalue weighted by molar-refractivity contribution is 6.32. The number of nitrogens with one attached hydrogen (secondary N) is 1. The Morgan fingerprint density at radius 3 is 2.79 bits per heavy atom. The summed E-state index contributed by atoms with van der Waals surface area (Å²) in [7, 11) is 2.95. The molecule has 0 radical (unpaired) electrons. The number of halogens is 2. The summed E-state index contributed by atoms with van der Waals surface area (Å²) in [4.78, 5) is 39.9. The summed E-state index contributed by atoms with van der Waals surface area (Å²) in [5.41, 5.74) is -1.96. The molecule has 34 heavy (non-hydrogen) atoms. The molecular weight excluding hydrogens is 469 g/mol. The van der Waals surface area contributed by atoms with Gasteiger partial charge < -0.3 is 29.4 Å². The summed E-state index contributed by atoms with van der Waals surface area (Å²) in [6.07, 6.45) is 1.97. The van der Waals surface area contributed by atoms with Crippen LogP contribution in [0.2, 0.25) is 5.02 Å². The molecule has 2 aromatic rings. The largest absolute Gasteiger partial charge is 0.503 e. The Hall–Kier alpha value is -3.11. The maximum absolute atomic E-state index is 14.5. The van der Waals surface area contributed by atoms with Crippen LogP contribution in [0, 0.1) is 11.7 Å². The predicted molar refractivity (Wildman–Crippen MR) is 121 cm³/mol. The number of aromatic hydroxyl groups is 1. The lowest BCUT2D eigenvalue weighted by Crippen LogP contribution is -2.48. The molecule has 1 fully saturated rings. The fraction of sp³-hybridized carbons (Fsp3) is 0.435. The van der Waals surface area contributed by atoms with E-state index in [1.165, 1.54) is 34.9 Å². The molecule has 1 spiro atoms. The SMILES string of the molecule is CCOCC1CC12CN(C)C(=O)c1c(O)c(=O)c(C(=O)NCc3ccc(OC)c(Cl)c3F)cn12. The van der Waals surface area contributed by atoms with Crippen molar-refractivity contribution < 1.29 is 28.6 Å². The molecule has 0 bridgehead atoms. The van der Waals surface area contributed by atoms with E-state index in [0.717, 1.165) is 0 Å². The lowest BCUT2D eigenvalue weighted by atomic mass is 10.0. The van der Waals surface area contributed by atoms with Crippen LogP contribution >= 0.6 is 11.6 Å². The van der Waals surface area contributed by atoms with Gasteiger partial charge in [-0.15, -0.1) is 0 Å². The number of nitrogens with zero attached hydrogens (tertiary/aromatic N) is 2. The highest BCUT2D eigenvalue weighted by Crippen LogP contribution is 2.53. The van der Waals surface area contributed by atoms with E-state index in [1.54, 1.807) is 7.05 Å². The Morgan fingerprint density at radius 1 is 1.38 bits per heavy atom. The molecule has 2 atom stereocenters. The second kappa shape index (κ2) is 8.92. The first-order chi connectivity index (χ1) is 16.2. The van der Waals surface area contributed by atoms with Crippen LogP contribution in [0.4, 0.5) is 4.39 Å². The Bertz CT molecular complexity index is 1230. The smallest absolute Gasteiger partial charge is 0.274 e. The van der Waals surface area contributed by atoms with Crippen LogP contribution < -0.4 is 15.5 Å². The standard InChI is InChI=1S/C23H25ClFN3O6/c1-4-34-10-13-7-23(13)11-27(2)22(32)18-20(30)19(29)14(9-28(18)23)21(31)26-8-12-5-6-15(33-3)16(24)17(12)25/h5-6,9,13,30H,4,7-8,10-11H2,1-3H3,(H,26,31). The minimum atomic E-state index is -0.974. The third kappa shape index (κ3) is 3.80. The minimum Gasteiger partial charge on any atom is -0.503 e. The van der Waals surface area contributed by atoms with E-state index in [0.29, 0.717) is 26.2 Å². The topological polar surface area (TPSA) is 110 Å². The van der Waals surface area contributed by atoms with Crippen LogP contribution in [0.5, 0.6) is 11.5 Å². The number of methoxy groups -OCH3 is 1. The minimum absolute atomic E-state index is 0.0510. The molecule has 2 aliphatic rings. The number of aromatic nitrogens is 1. The molecule has 0 saturated heterocycles. The first-order valence-electron chi connectivity index (χ1n) is 10.8. The number of amides is 2. The Kier molecular flexibility index (Phi) is 6.30. The molecular formula is C23H25ClFN3O6. The average molecular weight is 494 g/mol. The molecule has 1 aliphatic carbocycles. The van der Waals surface area contributed by atoms with Gasteiger partial charge in [0.25, 0.3) is 11.8 Å². The fourth-order valence-electron chi connectivity index (χ4n) is 4.53. The maximum Gasteiger partial charge on any atom is 0.274 e. The van der Waals surface area contributed by atoms with Crippen molar-refractivity contribution >= 4 is 23.4 Å². The van der Waals surface area contributed by atoms with Crippen molar-refractivity contribution in [2.45, 2.75) is 25.4 Å². The lowest BCUT2D eigenvalue weighted by molar-refractivity contribution is 0.0650. The molecule has 4 rings (SSSR count). The van der Waals surface area contributed by atoms with Gasteiger partial charge in [-0.25, -0.2) is 4.39 Å². The number of hydrogen-bond donors (Lipinski definition) is 2. The van der Waals surface area contributed by atoms with Crippen molar-refractivity contribution in [2.24, 2.45) is 5.92 Å². The van der Waals surface area contributed by atoms with Gasteiger partial charge in [0.2, 0.25) is 5.43 Å². The molecule has 11 heteroatoms. The number of carbonyl (C=O) groups is 2. The van der Waals surface area contributed by atoms with E-state index in [2.05, 4.69) is 5.32 Å². The van der Waals surface area contributed by atoms with E-state index < -0.39 is 34.3 Å². The third-order valence-corrected chi connectivity index (χ3v) is 6.83. The normalized spacial score (nSPS) is 20.9. The summed E-state index contributed by atoms with van der Waals surface area (Å²) >= 11 is 5.92. The van der Waals surface area contributed by atoms with Gasteiger partial charge in [0, 0.05) is 44.4 Å². The zero-order chi connectivity index (χ0) is 24.8. The number of benzene rings is 1. The zero-order valence-electron chi connectivity index (χ0n) is 19.0. The van der Waals surface area contributed by atoms with Crippen LogP contribution in [0.1, 0.15) is 39.8 Å². The van der Waals surface area contributed by atoms with Crippen LogP contribution in [0.3, 0.4) is 0 Å². The van der Waals surface area contributed by atoms with Crippen LogP contribution in [0.15, 0.2) is 23.1 Å². The first kappa shape index (κ1) is 24.0. The summed E-state index contributed by atoms with van der Waals surface area (Å²) < 4.78 is 26.5. The van der Waals surface area contributed by atoms with Crippen LogP contribution in [-0.4, -0.2) is 60.3 Å². The van der Waals surface area contributed by atoms with E-state index in [4.69, 9.17) is 21.1 Å². The predicted octanol–water partition coefficient (Wildman–Crippen LogP) is 2.12. The highest BCUT2D eigenvalue weighted by Gasteiger charge is 2.60. The molecule has 2 N–H and O–H groups in total. The number of carbonyl (C=O) groups excluding carboxylic acids is 2. The van der Waals surface area contributed by atoms with Crippen molar-refractivity contribution in [3.63, 3.8) is 0 Å². The monoisotopic (exact) mass is 493 g/mol. The van der Waals surface area contributed by atoms with Gasteiger partial charge in [-0.1, -0.05) is 17.7 Å². The van der Waals surface area contributed by atoms with Gasteiger partial charge in [-0.3, -0.25) is 14.4 Å². The zero-order valence-corrected chi connectivity index (χ0v) is 19.7. The molecule has 1 saturated carbocycles. The number of likely N-dealkylation sites (N-methyl/N-ethyl adjacent to an activating group) is 1. The Labute approximate surface area is 200 Å². The summed E-state index contributed by atoms with van der Waals surface area (Å²) in [6.45, 7) is 2.96. The van der Waals surface area contributed by atoms with Gasteiger partial charge in [0.1, 0.15) is 16.3 Å². The van der Waals surface area contributed by atoms with Crippen LogP contribution in [-0.2, 0) is 16.8 Å². The molecule has 1 aromatic heterocycles. The average Bonchev–Trinajstić information content (AvgIpc) is 3.51. The Balaban J connectivity index is 1.66. The number of ether oxygens (including phenoxy) is 2. The van der Waals surface area contributed by atoms with Gasteiger partial charge in [0.05, 0.1) is 19.3 Å². The number of fused-ring (bicyclic) bond motifs is 2. The van der Waals surface area contributed by atoms with Gasteiger partial charge >= 0.3 is 0 Å². The number of pyridine rings is 1. The number of hydrogen-bond acceptors (Lipinski definition) is 6. The summed E-state index contributed by atoms with van der Waals surface area (Å²) in [5.74, 6) is -2.66. The van der Waals surface area contributed by atoms with Crippen molar-refractivity contribution in [3.05, 3.63) is 56.2 Å². The molecule has 1 aromatic carbocycles. The van der Waals surface area contributed by atoms with Crippen LogP contribution in [0.25, 0.3) is 0 Å². The molecule has 2 amide bonds. The fourth-order valence-corrected chi connectivity index (χ4v) is 4.79. The first-order valence-corrected chi connectivity index (χ1v) is 11.1. The van der Waals surface area contributed by atoms with E-state index >= 15 is 0 Å². The molecule has 2 unspecified atom stereocenters. The Morgan fingerprint density at radius 2 is 2.12 bits per heavy atom. The van der Waals surface area contributed by atoms with Crippen molar-refractivity contribution in [1.29, 1.82) is 0 Å². The maximum atomic E-state index is 14.5. The molecule has 2 heterocycles. The second-order valence-corrected chi connectivity index (χ2v) is 8.88. The molecule has 182 valence electrons. The van der Waals surface area contributed by atoms with Crippen molar-refractivity contribution in [3.8, 4) is 11.5 Å². The summed E-state index contributed by atoms with van der Waals surface area (Å²) in [5, 5.41) is 12.9. The van der Waals surface area contributed by atoms with Gasteiger partial charge in [-0.2, -0.15) is 0 Å². The molecule has 1 aliphatic heterocycles. The molecule has 9 nitrogen and oxygen atoms in total. The van der Waals surface area contributed by atoms with Crippen molar-refractivity contribution in [1.82, 2.24) is 14.8 Å². The highest BCUT2D eigenvalue weighted by atomic mass is 35.5. The quantitative estimate of drug-likeness (QED) is 0.611. The second-order valence-electron chi connectivity index (χ2n) is 8.50. The third-order valence-electron chi connectivity index (χ3n) is 6.48. The van der Waals surface area contributed by atoms with Gasteiger partial charge in [-0.05, 0) is 19.4 Å². The van der Waals surface area contributed by atoms with Crippen molar-refractivity contribution in [2.75, 3.05) is 33.9 Å². The van der Waals surface area contributed by atoms with E-state index in [1.807, 2.05) is 6.92 Å². The van der Waals surface area contributed by atoms with E-state index in [9.17, 15) is 23.9 Å². The summed E-state index contributed by atoms with van der Waals surface area (Å²) in [6, 6.07) is 2.87. The number of rotatable bonds is 7. The van der Waals surface area contributed by atoms with E-state index in [-0.39, 0.29) is 40.1 Å². The van der Waals surface area contributed by atoms with Gasteiger partial charge in [0.15, 0.2) is 17.3 Å². The lowest BCUT2D eigenvalue weighted by Gasteiger charge is -2.35.